The zero-order chi connectivity index (χ0) is 11.5. The minimum absolute atomic E-state index is 0.301. The lowest BCUT2D eigenvalue weighted by atomic mass is 9.86. The predicted octanol–water partition coefficient (Wildman–Crippen LogP) is 1.78. The molecule has 92 valence electrons. The lowest BCUT2D eigenvalue weighted by Gasteiger charge is -2.35. The first-order chi connectivity index (χ1) is 7.65. The zero-order valence-electron chi connectivity index (χ0n) is 10.5. The molecule has 1 amide bonds. The highest BCUT2D eigenvalue weighted by molar-refractivity contribution is 5.76. The van der Waals surface area contributed by atoms with Gasteiger partial charge in [-0.15, -0.1) is 0 Å². The number of nitrogens with zero attached hydrogens (tertiary/aromatic N) is 1. The fourth-order valence-electron chi connectivity index (χ4n) is 3.07. The van der Waals surface area contributed by atoms with Crippen molar-refractivity contribution in [2.75, 3.05) is 13.6 Å². The smallest absolute Gasteiger partial charge is 0.222 e. The van der Waals surface area contributed by atoms with Gasteiger partial charge in [0.15, 0.2) is 0 Å². The fraction of sp³-hybridized carbons (Fsp3) is 0.923. The minimum atomic E-state index is 0.301. The maximum atomic E-state index is 11.4. The number of likely N-dealkylation sites (tertiary alicyclic amines) is 1. The van der Waals surface area contributed by atoms with E-state index >= 15 is 0 Å². The van der Waals surface area contributed by atoms with Gasteiger partial charge in [0, 0.05) is 32.1 Å². The van der Waals surface area contributed by atoms with E-state index in [9.17, 15) is 4.79 Å². The van der Waals surface area contributed by atoms with E-state index in [0.29, 0.717) is 18.0 Å². The van der Waals surface area contributed by atoms with Crippen molar-refractivity contribution in [2.45, 2.75) is 57.5 Å². The molecule has 2 rings (SSSR count). The van der Waals surface area contributed by atoms with Crippen LogP contribution in [0, 0.1) is 5.92 Å². The topological polar surface area (TPSA) is 32.3 Å². The standard InChI is InChI=1S/C13H24N2O/c1-10-4-3-5-11(8-10)14-12-6-7-13(16)15(2)9-12/h10-12,14H,3-9H2,1-2H3. The summed E-state index contributed by atoms with van der Waals surface area (Å²) < 4.78 is 0. The maximum Gasteiger partial charge on any atom is 0.222 e. The molecule has 0 bridgehead atoms. The summed E-state index contributed by atoms with van der Waals surface area (Å²) in [4.78, 5) is 13.3. The first-order valence-electron chi connectivity index (χ1n) is 6.65. The lowest BCUT2D eigenvalue weighted by Crippen LogP contribution is -2.50. The van der Waals surface area contributed by atoms with Crippen molar-refractivity contribution in [2.24, 2.45) is 5.92 Å². The molecule has 16 heavy (non-hydrogen) atoms. The molecular formula is C13H24N2O. The van der Waals surface area contributed by atoms with Gasteiger partial charge in [-0.1, -0.05) is 19.8 Å². The molecule has 0 radical (unpaired) electrons. The first-order valence-corrected chi connectivity index (χ1v) is 6.65. The Morgan fingerprint density at radius 3 is 2.75 bits per heavy atom. The second-order valence-electron chi connectivity index (χ2n) is 5.65. The number of carbonyl (C=O) groups is 1. The summed E-state index contributed by atoms with van der Waals surface area (Å²) >= 11 is 0. The molecule has 2 fully saturated rings. The molecule has 3 heteroatoms. The highest BCUT2D eigenvalue weighted by Gasteiger charge is 2.26. The van der Waals surface area contributed by atoms with Gasteiger partial charge in [0.25, 0.3) is 0 Å². The van der Waals surface area contributed by atoms with E-state index in [0.717, 1.165) is 25.3 Å². The van der Waals surface area contributed by atoms with Crippen LogP contribution in [0.1, 0.15) is 45.4 Å². The molecular weight excluding hydrogens is 200 g/mol. The molecule has 0 aromatic rings. The molecule has 1 N–H and O–H groups in total. The molecule has 3 nitrogen and oxygen atoms in total. The molecule has 0 spiro atoms. The molecule has 1 aliphatic heterocycles. The van der Waals surface area contributed by atoms with Crippen molar-refractivity contribution in [3.63, 3.8) is 0 Å². The number of nitrogens with one attached hydrogen (secondary N) is 1. The van der Waals surface area contributed by atoms with Crippen LogP contribution in [0.2, 0.25) is 0 Å². The largest absolute Gasteiger partial charge is 0.344 e. The van der Waals surface area contributed by atoms with Crippen molar-refractivity contribution < 1.29 is 4.79 Å². The zero-order valence-corrected chi connectivity index (χ0v) is 10.5. The average molecular weight is 224 g/mol. The minimum Gasteiger partial charge on any atom is -0.344 e. The lowest BCUT2D eigenvalue weighted by molar-refractivity contribution is -0.132. The van der Waals surface area contributed by atoms with Crippen molar-refractivity contribution in [1.29, 1.82) is 0 Å². The fourth-order valence-corrected chi connectivity index (χ4v) is 3.07. The monoisotopic (exact) mass is 224 g/mol. The van der Waals surface area contributed by atoms with Crippen molar-refractivity contribution in [3.8, 4) is 0 Å². The van der Waals surface area contributed by atoms with Crippen molar-refractivity contribution >= 4 is 5.91 Å². The third kappa shape index (κ3) is 2.97. The van der Waals surface area contributed by atoms with Crippen LogP contribution in [-0.4, -0.2) is 36.5 Å². The second-order valence-corrected chi connectivity index (χ2v) is 5.65. The summed E-state index contributed by atoms with van der Waals surface area (Å²) in [5.41, 5.74) is 0. The summed E-state index contributed by atoms with van der Waals surface area (Å²) in [5, 5.41) is 3.75. The van der Waals surface area contributed by atoms with Crippen LogP contribution in [-0.2, 0) is 4.79 Å². The quantitative estimate of drug-likeness (QED) is 0.775. The highest BCUT2D eigenvalue weighted by Crippen LogP contribution is 2.24. The number of piperidine rings is 1. The van der Waals surface area contributed by atoms with Crippen molar-refractivity contribution in [1.82, 2.24) is 10.2 Å². The van der Waals surface area contributed by atoms with Crippen LogP contribution in [0.5, 0.6) is 0 Å². The third-order valence-corrected chi connectivity index (χ3v) is 4.03. The normalized spacial score (nSPS) is 36.5. The Hall–Kier alpha value is -0.570. The van der Waals surface area contributed by atoms with E-state index in [1.165, 1.54) is 25.7 Å². The average Bonchev–Trinajstić information content (AvgIpc) is 2.24. The van der Waals surface area contributed by atoms with E-state index in [1.807, 2.05) is 11.9 Å². The number of rotatable bonds is 2. The Labute approximate surface area is 98.6 Å². The Balaban J connectivity index is 1.78. The van der Waals surface area contributed by atoms with E-state index in [1.54, 1.807) is 0 Å². The van der Waals surface area contributed by atoms with E-state index in [-0.39, 0.29) is 0 Å². The van der Waals surface area contributed by atoms with Crippen LogP contribution < -0.4 is 5.32 Å². The Kier molecular flexibility index (Phi) is 3.85. The highest BCUT2D eigenvalue weighted by atomic mass is 16.2. The molecule has 3 unspecified atom stereocenters. The number of hydrogen-bond acceptors (Lipinski definition) is 2. The third-order valence-electron chi connectivity index (χ3n) is 4.03. The summed E-state index contributed by atoms with van der Waals surface area (Å²) in [6, 6.07) is 1.22. The van der Waals surface area contributed by atoms with E-state index < -0.39 is 0 Å². The van der Waals surface area contributed by atoms with Gasteiger partial charge in [0.2, 0.25) is 5.91 Å². The molecule has 3 atom stereocenters. The van der Waals surface area contributed by atoms with Crippen LogP contribution in [0.25, 0.3) is 0 Å². The van der Waals surface area contributed by atoms with Crippen LogP contribution in [0.3, 0.4) is 0 Å². The van der Waals surface area contributed by atoms with Crippen LogP contribution in [0.4, 0.5) is 0 Å². The Bertz CT molecular complexity index is 254. The Morgan fingerprint density at radius 2 is 2.06 bits per heavy atom. The van der Waals surface area contributed by atoms with Gasteiger partial charge in [-0.25, -0.2) is 0 Å². The Morgan fingerprint density at radius 1 is 1.25 bits per heavy atom. The number of likely N-dealkylation sites (N-methyl/N-ethyl adjacent to an activating group) is 1. The number of hydrogen-bond donors (Lipinski definition) is 1. The summed E-state index contributed by atoms with van der Waals surface area (Å²) in [6.45, 7) is 3.24. The molecule has 0 aromatic heterocycles. The molecule has 1 aliphatic carbocycles. The summed E-state index contributed by atoms with van der Waals surface area (Å²) in [6.07, 6.45) is 7.12. The SMILES string of the molecule is CC1CCCC(NC2CCC(=O)N(C)C2)C1. The van der Waals surface area contributed by atoms with E-state index in [4.69, 9.17) is 0 Å². The van der Waals surface area contributed by atoms with Gasteiger partial charge in [0.05, 0.1) is 0 Å². The predicted molar refractivity (Wildman–Crippen MR) is 65.2 cm³/mol. The first kappa shape index (κ1) is 11.9. The molecule has 0 aromatic carbocycles. The van der Waals surface area contributed by atoms with Gasteiger partial charge in [0.1, 0.15) is 0 Å². The van der Waals surface area contributed by atoms with Gasteiger partial charge < -0.3 is 10.2 Å². The summed E-state index contributed by atoms with van der Waals surface area (Å²) in [5.74, 6) is 1.17. The maximum absolute atomic E-state index is 11.4. The molecule has 1 saturated heterocycles. The molecule has 2 aliphatic rings. The van der Waals surface area contributed by atoms with Gasteiger partial charge in [-0.3, -0.25) is 4.79 Å². The van der Waals surface area contributed by atoms with Gasteiger partial charge in [-0.05, 0) is 25.2 Å². The summed E-state index contributed by atoms with van der Waals surface area (Å²) in [7, 11) is 1.92. The van der Waals surface area contributed by atoms with Crippen LogP contribution >= 0.6 is 0 Å². The van der Waals surface area contributed by atoms with Gasteiger partial charge in [-0.2, -0.15) is 0 Å². The van der Waals surface area contributed by atoms with Gasteiger partial charge >= 0.3 is 0 Å². The molecule has 1 heterocycles. The second kappa shape index (κ2) is 5.17. The number of amides is 1. The van der Waals surface area contributed by atoms with Crippen LogP contribution in [0.15, 0.2) is 0 Å². The van der Waals surface area contributed by atoms with Crippen molar-refractivity contribution in [3.05, 3.63) is 0 Å². The molecule has 1 saturated carbocycles. The number of carbonyl (C=O) groups excluding carboxylic acids is 1. The van der Waals surface area contributed by atoms with E-state index in [2.05, 4.69) is 12.2 Å².